The van der Waals surface area contributed by atoms with Gasteiger partial charge in [-0.15, -0.1) is 0 Å². The number of allylic oxidation sites excluding steroid dienone is 1. The highest BCUT2D eigenvalue weighted by Gasteiger charge is 2.27. The summed E-state index contributed by atoms with van der Waals surface area (Å²) < 4.78 is 0. The SMILES string of the molecule is C=C(C)c1cccc(CNC(=O)C(=O)C(CCC)NC(C)(C)C)c1. The normalized spacial score (nSPS) is 12.5. The van der Waals surface area contributed by atoms with Crippen LogP contribution in [0.3, 0.4) is 0 Å². The van der Waals surface area contributed by atoms with E-state index in [1.165, 1.54) is 0 Å². The molecule has 0 radical (unpaired) electrons. The van der Waals surface area contributed by atoms with Crippen molar-refractivity contribution in [3.8, 4) is 0 Å². The average Bonchev–Trinajstić information content (AvgIpc) is 2.50. The quantitative estimate of drug-likeness (QED) is 0.718. The Morgan fingerprint density at radius 2 is 1.92 bits per heavy atom. The molecule has 132 valence electrons. The first kappa shape index (κ1) is 20.1. The predicted octanol–water partition coefficient (Wildman–Crippen LogP) is 3.46. The summed E-state index contributed by atoms with van der Waals surface area (Å²) in [5.74, 6) is -0.936. The lowest BCUT2D eigenvalue weighted by Gasteiger charge is -2.27. The molecule has 1 aromatic carbocycles. The molecule has 0 heterocycles. The Labute approximate surface area is 145 Å². The fraction of sp³-hybridized carbons (Fsp3) is 0.500. The summed E-state index contributed by atoms with van der Waals surface area (Å²) in [5, 5.41) is 5.97. The number of amides is 1. The molecule has 0 aliphatic carbocycles. The second-order valence-corrected chi connectivity index (χ2v) is 7.26. The molecule has 24 heavy (non-hydrogen) atoms. The van der Waals surface area contributed by atoms with Crippen LogP contribution in [0.1, 0.15) is 58.6 Å². The summed E-state index contributed by atoms with van der Waals surface area (Å²) in [5.41, 5.74) is 2.74. The molecular weight excluding hydrogens is 300 g/mol. The summed E-state index contributed by atoms with van der Waals surface area (Å²) in [6, 6.07) is 7.35. The molecule has 0 aromatic heterocycles. The molecule has 4 nitrogen and oxygen atoms in total. The van der Waals surface area contributed by atoms with E-state index in [0.29, 0.717) is 13.0 Å². The van der Waals surface area contributed by atoms with Crippen molar-refractivity contribution in [3.63, 3.8) is 0 Å². The van der Waals surface area contributed by atoms with Crippen LogP contribution in [0.5, 0.6) is 0 Å². The standard InChI is InChI=1S/C20H30N2O2/c1-7-9-17(22-20(4,5)6)18(23)19(24)21-13-15-10-8-11-16(12-15)14(2)3/h8,10-12,17,22H,2,7,9,13H2,1,3-6H3,(H,21,24). The maximum Gasteiger partial charge on any atom is 0.289 e. The van der Waals surface area contributed by atoms with E-state index in [4.69, 9.17) is 0 Å². The first-order valence-corrected chi connectivity index (χ1v) is 8.48. The maximum absolute atomic E-state index is 12.4. The molecule has 4 heteroatoms. The topological polar surface area (TPSA) is 58.2 Å². The Kier molecular flexibility index (Phi) is 7.36. The van der Waals surface area contributed by atoms with Gasteiger partial charge in [0, 0.05) is 12.1 Å². The van der Waals surface area contributed by atoms with Gasteiger partial charge in [-0.3, -0.25) is 9.59 Å². The van der Waals surface area contributed by atoms with Crippen molar-refractivity contribution in [3.05, 3.63) is 42.0 Å². The van der Waals surface area contributed by atoms with Crippen LogP contribution in [0.15, 0.2) is 30.8 Å². The highest BCUT2D eigenvalue weighted by molar-refractivity contribution is 6.38. The van der Waals surface area contributed by atoms with Gasteiger partial charge >= 0.3 is 0 Å². The highest BCUT2D eigenvalue weighted by Crippen LogP contribution is 2.13. The number of hydrogen-bond acceptors (Lipinski definition) is 3. The molecule has 2 N–H and O–H groups in total. The van der Waals surface area contributed by atoms with Gasteiger partial charge in [0.05, 0.1) is 6.04 Å². The number of carbonyl (C=O) groups is 2. The maximum atomic E-state index is 12.4. The Morgan fingerprint density at radius 1 is 1.25 bits per heavy atom. The average molecular weight is 330 g/mol. The van der Waals surface area contributed by atoms with Crippen molar-refractivity contribution in [1.82, 2.24) is 10.6 Å². The van der Waals surface area contributed by atoms with E-state index in [9.17, 15) is 9.59 Å². The molecule has 1 aromatic rings. The zero-order valence-electron chi connectivity index (χ0n) is 15.5. The van der Waals surface area contributed by atoms with Gasteiger partial charge in [0.25, 0.3) is 5.91 Å². The molecule has 0 fully saturated rings. The van der Waals surface area contributed by atoms with Crippen LogP contribution < -0.4 is 10.6 Å². The van der Waals surface area contributed by atoms with Crippen molar-refractivity contribution >= 4 is 17.3 Å². The van der Waals surface area contributed by atoms with E-state index in [-0.39, 0.29) is 5.54 Å². The molecule has 1 amide bonds. The van der Waals surface area contributed by atoms with Crippen molar-refractivity contribution in [2.45, 2.75) is 65.6 Å². The first-order valence-electron chi connectivity index (χ1n) is 8.48. The Bertz CT molecular complexity index is 600. The number of carbonyl (C=O) groups excluding carboxylic acids is 2. The largest absolute Gasteiger partial charge is 0.345 e. The molecule has 1 rings (SSSR count). The smallest absolute Gasteiger partial charge is 0.289 e. The number of ketones is 1. The van der Waals surface area contributed by atoms with Crippen molar-refractivity contribution in [2.24, 2.45) is 0 Å². The lowest BCUT2D eigenvalue weighted by molar-refractivity contribution is -0.139. The monoisotopic (exact) mass is 330 g/mol. The number of benzene rings is 1. The van der Waals surface area contributed by atoms with Gasteiger partial charge in [-0.2, -0.15) is 0 Å². The number of rotatable bonds is 8. The minimum Gasteiger partial charge on any atom is -0.345 e. The van der Waals surface area contributed by atoms with Crippen molar-refractivity contribution in [1.29, 1.82) is 0 Å². The van der Waals surface area contributed by atoms with Gasteiger partial charge in [-0.25, -0.2) is 0 Å². The van der Waals surface area contributed by atoms with Crippen LogP contribution in [-0.4, -0.2) is 23.3 Å². The number of nitrogens with one attached hydrogen (secondary N) is 2. The van der Waals surface area contributed by atoms with Crippen LogP contribution in [-0.2, 0) is 16.1 Å². The molecular formula is C20H30N2O2. The van der Waals surface area contributed by atoms with E-state index in [0.717, 1.165) is 23.1 Å². The molecule has 1 unspecified atom stereocenters. The van der Waals surface area contributed by atoms with E-state index < -0.39 is 17.7 Å². The third kappa shape index (κ3) is 6.67. The molecule has 0 spiro atoms. The van der Waals surface area contributed by atoms with E-state index in [1.807, 2.05) is 58.9 Å². The van der Waals surface area contributed by atoms with E-state index >= 15 is 0 Å². The van der Waals surface area contributed by atoms with Crippen LogP contribution >= 0.6 is 0 Å². The summed E-state index contributed by atoms with van der Waals surface area (Å²) in [6.07, 6.45) is 1.49. The lowest BCUT2D eigenvalue weighted by Crippen LogP contribution is -2.51. The van der Waals surface area contributed by atoms with Crippen LogP contribution in [0.2, 0.25) is 0 Å². The minimum absolute atomic E-state index is 0.217. The van der Waals surface area contributed by atoms with Gasteiger partial charge in [0.1, 0.15) is 0 Å². The van der Waals surface area contributed by atoms with Crippen LogP contribution in [0.25, 0.3) is 5.57 Å². The van der Waals surface area contributed by atoms with Gasteiger partial charge in [-0.05, 0) is 51.3 Å². The summed E-state index contributed by atoms with van der Waals surface area (Å²) in [7, 11) is 0. The molecule has 0 saturated heterocycles. The Hall–Kier alpha value is -1.94. The van der Waals surface area contributed by atoms with Crippen molar-refractivity contribution in [2.75, 3.05) is 0 Å². The Balaban J connectivity index is 2.70. The summed E-state index contributed by atoms with van der Waals surface area (Å²) in [6.45, 7) is 14.2. The molecule has 0 aliphatic rings. The Morgan fingerprint density at radius 3 is 2.46 bits per heavy atom. The third-order valence-electron chi connectivity index (χ3n) is 3.60. The predicted molar refractivity (Wildman–Crippen MR) is 99.6 cm³/mol. The van der Waals surface area contributed by atoms with Crippen LogP contribution in [0.4, 0.5) is 0 Å². The minimum atomic E-state index is -0.536. The van der Waals surface area contributed by atoms with E-state index in [1.54, 1.807) is 0 Å². The highest BCUT2D eigenvalue weighted by atomic mass is 16.2. The zero-order chi connectivity index (χ0) is 18.3. The summed E-state index contributed by atoms with van der Waals surface area (Å²) >= 11 is 0. The molecule has 0 bridgehead atoms. The number of hydrogen-bond donors (Lipinski definition) is 2. The van der Waals surface area contributed by atoms with Crippen molar-refractivity contribution < 1.29 is 9.59 Å². The van der Waals surface area contributed by atoms with Gasteiger partial charge < -0.3 is 10.6 Å². The fourth-order valence-electron chi connectivity index (χ4n) is 2.45. The summed E-state index contributed by atoms with van der Waals surface area (Å²) in [4.78, 5) is 24.6. The first-order chi connectivity index (χ1) is 11.1. The van der Waals surface area contributed by atoms with Crippen LogP contribution in [0, 0.1) is 0 Å². The zero-order valence-corrected chi connectivity index (χ0v) is 15.5. The molecule has 0 aliphatic heterocycles. The lowest BCUT2D eigenvalue weighted by atomic mass is 10.0. The molecule has 1 atom stereocenters. The van der Waals surface area contributed by atoms with Gasteiger partial charge in [0.15, 0.2) is 0 Å². The third-order valence-corrected chi connectivity index (χ3v) is 3.60. The van der Waals surface area contributed by atoms with Gasteiger partial charge in [-0.1, -0.05) is 43.7 Å². The number of Topliss-reactive ketones (excluding diaryl/α,β-unsaturated/α-hetero) is 1. The second-order valence-electron chi connectivity index (χ2n) is 7.26. The molecule has 0 saturated carbocycles. The van der Waals surface area contributed by atoms with E-state index in [2.05, 4.69) is 17.2 Å². The second kappa shape index (κ2) is 8.78. The van der Waals surface area contributed by atoms with Gasteiger partial charge in [0.2, 0.25) is 5.78 Å². The fourth-order valence-corrected chi connectivity index (χ4v) is 2.45.